The molecule has 0 spiro atoms. The van der Waals surface area contributed by atoms with Gasteiger partial charge in [0.25, 0.3) is 0 Å². The lowest BCUT2D eigenvalue weighted by Crippen LogP contribution is -2.42. The van der Waals surface area contributed by atoms with Crippen molar-refractivity contribution in [3.63, 3.8) is 0 Å². The Hall–Kier alpha value is -1.89. The van der Waals surface area contributed by atoms with Crippen LogP contribution < -0.4 is 10.6 Å². The van der Waals surface area contributed by atoms with Gasteiger partial charge in [0.05, 0.1) is 0 Å². The van der Waals surface area contributed by atoms with Gasteiger partial charge in [-0.15, -0.1) is 10.2 Å². The fourth-order valence-electron chi connectivity index (χ4n) is 3.04. The minimum absolute atomic E-state index is 0.241. The number of hydrogen-bond acceptors (Lipinski definition) is 3. The molecule has 0 atom stereocenters. The Morgan fingerprint density at radius 2 is 2.20 bits per heavy atom. The fourth-order valence-corrected chi connectivity index (χ4v) is 3.44. The number of guanidine groups is 1. The molecule has 6 nitrogen and oxygen atoms in total. The van der Waals surface area contributed by atoms with Crippen LogP contribution >= 0.6 is 15.9 Å². The Kier molecular flexibility index (Phi) is 5.73. The molecule has 1 heterocycles. The van der Waals surface area contributed by atoms with Crippen molar-refractivity contribution >= 4 is 21.9 Å². The number of rotatable bonds is 7. The first-order chi connectivity index (χ1) is 12.2. The molecule has 0 saturated heterocycles. The lowest BCUT2D eigenvalue weighted by atomic mass is 9.96. The molecule has 2 aromatic rings. The minimum atomic E-state index is 0.241. The minimum Gasteiger partial charge on any atom is -0.356 e. The van der Waals surface area contributed by atoms with E-state index in [1.165, 1.54) is 18.4 Å². The lowest BCUT2D eigenvalue weighted by Gasteiger charge is -2.19. The van der Waals surface area contributed by atoms with Crippen molar-refractivity contribution in [3.05, 3.63) is 46.5 Å². The zero-order chi connectivity index (χ0) is 17.7. The Morgan fingerprint density at radius 3 is 2.88 bits per heavy atom. The number of nitrogens with zero attached hydrogens (tertiary/aromatic N) is 4. The largest absolute Gasteiger partial charge is 0.356 e. The SMILES string of the molecule is CCc1nncn1CCNC(=NC)NCC1(c2cccc(Br)c2)CC1. The quantitative estimate of drug-likeness (QED) is 0.549. The number of hydrogen-bond donors (Lipinski definition) is 2. The highest BCUT2D eigenvalue weighted by molar-refractivity contribution is 9.10. The average molecular weight is 405 g/mol. The number of benzene rings is 1. The zero-order valence-corrected chi connectivity index (χ0v) is 16.4. The first-order valence-corrected chi connectivity index (χ1v) is 9.53. The van der Waals surface area contributed by atoms with Crippen LogP contribution in [0.1, 0.15) is 31.2 Å². The van der Waals surface area contributed by atoms with Gasteiger partial charge in [-0.25, -0.2) is 0 Å². The Morgan fingerprint density at radius 1 is 1.36 bits per heavy atom. The van der Waals surface area contributed by atoms with Crippen molar-refractivity contribution in [2.24, 2.45) is 4.99 Å². The second-order valence-electron chi connectivity index (χ2n) is 6.44. The van der Waals surface area contributed by atoms with Gasteiger partial charge in [0.2, 0.25) is 0 Å². The van der Waals surface area contributed by atoms with Crippen molar-refractivity contribution in [2.45, 2.75) is 38.1 Å². The predicted octanol–water partition coefficient (Wildman–Crippen LogP) is 2.50. The normalized spacial score (nSPS) is 15.9. The van der Waals surface area contributed by atoms with E-state index < -0.39 is 0 Å². The van der Waals surface area contributed by atoms with Crippen LogP contribution in [0.2, 0.25) is 0 Å². The number of aliphatic imine (C=N–C) groups is 1. The molecule has 0 unspecified atom stereocenters. The monoisotopic (exact) mass is 404 g/mol. The van der Waals surface area contributed by atoms with Gasteiger partial charge in [-0.05, 0) is 30.5 Å². The molecule has 0 radical (unpaired) electrons. The molecular weight excluding hydrogens is 380 g/mol. The van der Waals surface area contributed by atoms with E-state index in [0.29, 0.717) is 0 Å². The summed E-state index contributed by atoms with van der Waals surface area (Å²) in [4.78, 5) is 4.34. The third kappa shape index (κ3) is 4.39. The summed E-state index contributed by atoms with van der Waals surface area (Å²) in [5.74, 6) is 1.85. The van der Waals surface area contributed by atoms with Gasteiger partial charge >= 0.3 is 0 Å². The van der Waals surface area contributed by atoms with Crippen LogP contribution in [-0.4, -0.2) is 40.9 Å². The van der Waals surface area contributed by atoms with Crippen LogP contribution in [0.3, 0.4) is 0 Å². The van der Waals surface area contributed by atoms with Gasteiger partial charge in [0.1, 0.15) is 12.2 Å². The lowest BCUT2D eigenvalue weighted by molar-refractivity contribution is 0.615. The predicted molar refractivity (Wildman–Crippen MR) is 104 cm³/mol. The van der Waals surface area contributed by atoms with Gasteiger partial charge in [-0.2, -0.15) is 0 Å². The molecule has 3 rings (SSSR count). The zero-order valence-electron chi connectivity index (χ0n) is 14.8. The first kappa shape index (κ1) is 17.9. The summed E-state index contributed by atoms with van der Waals surface area (Å²) in [7, 11) is 1.81. The molecule has 1 saturated carbocycles. The summed E-state index contributed by atoms with van der Waals surface area (Å²) in [5.41, 5.74) is 1.63. The molecule has 134 valence electrons. The summed E-state index contributed by atoms with van der Waals surface area (Å²) in [5, 5.41) is 14.9. The van der Waals surface area contributed by atoms with Crippen LogP contribution in [0.5, 0.6) is 0 Å². The van der Waals surface area contributed by atoms with Crippen LogP contribution in [0, 0.1) is 0 Å². The molecule has 2 N–H and O–H groups in total. The molecule has 1 aliphatic rings. The maximum Gasteiger partial charge on any atom is 0.191 e. The van der Waals surface area contributed by atoms with Gasteiger partial charge in [-0.3, -0.25) is 4.99 Å². The average Bonchev–Trinajstić information content (AvgIpc) is 3.28. The number of halogens is 1. The van der Waals surface area contributed by atoms with Crippen LogP contribution in [0.25, 0.3) is 0 Å². The second-order valence-corrected chi connectivity index (χ2v) is 7.35. The molecular formula is C18H25BrN6. The van der Waals surface area contributed by atoms with Gasteiger partial charge in [0, 0.05) is 43.0 Å². The third-order valence-electron chi connectivity index (χ3n) is 4.77. The summed E-state index contributed by atoms with van der Waals surface area (Å²) in [6, 6.07) is 8.62. The van der Waals surface area contributed by atoms with Crippen molar-refractivity contribution in [1.82, 2.24) is 25.4 Å². The van der Waals surface area contributed by atoms with E-state index >= 15 is 0 Å². The maximum atomic E-state index is 4.34. The number of aromatic nitrogens is 3. The second kappa shape index (κ2) is 7.99. The summed E-state index contributed by atoms with van der Waals surface area (Å²) in [6.07, 6.45) is 5.10. The highest BCUT2D eigenvalue weighted by atomic mass is 79.9. The number of nitrogens with one attached hydrogen (secondary N) is 2. The molecule has 0 bridgehead atoms. The van der Waals surface area contributed by atoms with Crippen molar-refractivity contribution < 1.29 is 0 Å². The van der Waals surface area contributed by atoms with Crippen molar-refractivity contribution in [1.29, 1.82) is 0 Å². The number of aryl methyl sites for hydroxylation is 1. The maximum absolute atomic E-state index is 4.34. The van der Waals surface area contributed by atoms with E-state index in [2.05, 4.69) is 77.5 Å². The Labute approximate surface area is 157 Å². The van der Waals surface area contributed by atoms with Crippen molar-refractivity contribution in [2.75, 3.05) is 20.1 Å². The molecule has 7 heteroatoms. The Balaban J connectivity index is 1.50. The molecule has 1 aromatic heterocycles. The highest BCUT2D eigenvalue weighted by Gasteiger charge is 2.44. The topological polar surface area (TPSA) is 67.1 Å². The summed E-state index contributed by atoms with van der Waals surface area (Å²) < 4.78 is 3.21. The first-order valence-electron chi connectivity index (χ1n) is 8.74. The van der Waals surface area contributed by atoms with Crippen molar-refractivity contribution in [3.8, 4) is 0 Å². The molecule has 1 fully saturated rings. The molecule has 0 amide bonds. The van der Waals surface area contributed by atoms with E-state index in [1.807, 2.05) is 7.05 Å². The van der Waals surface area contributed by atoms with Crippen LogP contribution in [0.4, 0.5) is 0 Å². The van der Waals surface area contributed by atoms with Gasteiger partial charge in [-0.1, -0.05) is 35.0 Å². The van der Waals surface area contributed by atoms with E-state index in [4.69, 9.17) is 0 Å². The van der Waals surface area contributed by atoms with E-state index in [1.54, 1.807) is 6.33 Å². The van der Waals surface area contributed by atoms with Crippen LogP contribution in [0.15, 0.2) is 40.1 Å². The van der Waals surface area contributed by atoms with Crippen LogP contribution in [-0.2, 0) is 18.4 Å². The smallest absolute Gasteiger partial charge is 0.191 e. The van der Waals surface area contributed by atoms with E-state index in [-0.39, 0.29) is 5.41 Å². The molecule has 1 aromatic carbocycles. The standard InChI is InChI=1S/C18H25BrN6/c1-3-16-24-23-13-25(16)10-9-21-17(20-2)22-12-18(7-8-18)14-5-4-6-15(19)11-14/h4-6,11,13H,3,7-10,12H2,1-2H3,(H2,20,21,22). The van der Waals surface area contributed by atoms with Gasteiger partial charge < -0.3 is 15.2 Å². The highest BCUT2D eigenvalue weighted by Crippen LogP contribution is 2.48. The fraction of sp³-hybridized carbons (Fsp3) is 0.500. The molecule has 25 heavy (non-hydrogen) atoms. The van der Waals surface area contributed by atoms with E-state index in [9.17, 15) is 0 Å². The Bertz CT molecular complexity index is 735. The molecule has 0 aliphatic heterocycles. The summed E-state index contributed by atoms with van der Waals surface area (Å²) >= 11 is 3.57. The third-order valence-corrected chi connectivity index (χ3v) is 5.26. The van der Waals surface area contributed by atoms with Gasteiger partial charge in [0.15, 0.2) is 5.96 Å². The molecule has 1 aliphatic carbocycles. The summed E-state index contributed by atoms with van der Waals surface area (Å²) in [6.45, 7) is 4.60. The van der Waals surface area contributed by atoms with E-state index in [0.717, 1.165) is 42.3 Å².